The fourth-order valence-corrected chi connectivity index (χ4v) is 2.61. The molecule has 0 N–H and O–H groups in total. The number of rotatable bonds is 2. The van der Waals surface area contributed by atoms with Gasteiger partial charge in [-0.2, -0.15) is 4.99 Å². The fraction of sp³-hybridized carbons (Fsp3) is 0.417. The molecule has 2 nitrogen and oxygen atoms in total. The van der Waals surface area contributed by atoms with Crippen molar-refractivity contribution in [2.45, 2.75) is 32.7 Å². The number of ether oxygens (including phenoxy) is 1. The van der Waals surface area contributed by atoms with E-state index in [4.69, 9.17) is 4.74 Å². The van der Waals surface area contributed by atoms with Crippen LogP contribution in [-0.4, -0.2) is 12.2 Å². The Bertz CT molecular complexity index is 455. The smallest absolute Gasteiger partial charge is 0.470 e. The van der Waals surface area contributed by atoms with E-state index in [9.17, 15) is 13.2 Å². The van der Waals surface area contributed by atoms with Gasteiger partial charge in [-0.05, 0) is 42.5 Å². The maximum absolute atomic E-state index is 12.1. The number of benzene rings is 1. The first-order valence-corrected chi connectivity index (χ1v) is 6.27. The summed E-state index contributed by atoms with van der Waals surface area (Å²) in [5, 5.41) is 0. The lowest BCUT2D eigenvalue weighted by atomic mass is 9.98. The van der Waals surface area contributed by atoms with Crippen molar-refractivity contribution in [3.63, 3.8) is 0 Å². The Labute approximate surface area is 117 Å². The fourth-order valence-electron chi connectivity index (χ4n) is 1.58. The molecule has 18 heavy (non-hydrogen) atoms. The Balaban J connectivity index is 2.96. The van der Waals surface area contributed by atoms with E-state index in [-0.39, 0.29) is 0 Å². The Hall–Kier alpha value is -0.790. The maximum atomic E-state index is 12.1. The molecule has 0 saturated heterocycles. The first-order chi connectivity index (χ1) is 8.12. The Kier molecular flexibility index (Phi) is 4.63. The van der Waals surface area contributed by atoms with Gasteiger partial charge in [0.2, 0.25) is 0 Å². The molecule has 0 aliphatic heterocycles. The maximum Gasteiger partial charge on any atom is 0.506 e. The van der Waals surface area contributed by atoms with Gasteiger partial charge in [-0.15, -0.1) is 13.2 Å². The van der Waals surface area contributed by atoms with Crippen LogP contribution in [0.2, 0.25) is 0 Å². The highest BCUT2D eigenvalue weighted by Gasteiger charge is 2.30. The number of hydrogen-bond donors (Lipinski definition) is 0. The van der Waals surface area contributed by atoms with E-state index in [0.29, 0.717) is 0 Å². The Morgan fingerprint density at radius 3 is 2.28 bits per heavy atom. The number of hydrogen-bond acceptors (Lipinski definition) is 2. The van der Waals surface area contributed by atoms with Crippen LogP contribution in [0.15, 0.2) is 29.3 Å². The molecule has 0 aliphatic rings. The van der Waals surface area contributed by atoms with E-state index in [2.05, 4.69) is 27.6 Å². The van der Waals surface area contributed by atoms with Gasteiger partial charge in [0.15, 0.2) is 5.90 Å². The zero-order chi connectivity index (χ0) is 14.0. The third-order valence-corrected chi connectivity index (χ3v) is 3.15. The summed E-state index contributed by atoms with van der Waals surface area (Å²) in [6.07, 6.45) is -4.61. The molecule has 0 spiro atoms. The van der Waals surface area contributed by atoms with Crippen LogP contribution >= 0.6 is 22.6 Å². The second-order valence-electron chi connectivity index (χ2n) is 4.19. The molecule has 0 amide bonds. The van der Waals surface area contributed by atoms with E-state index < -0.39 is 17.8 Å². The van der Waals surface area contributed by atoms with Crippen molar-refractivity contribution < 1.29 is 17.9 Å². The summed E-state index contributed by atoms with van der Waals surface area (Å²) in [6, 6.07) is 7.37. The van der Waals surface area contributed by atoms with Crippen LogP contribution in [0.25, 0.3) is 0 Å². The molecule has 0 bridgehead atoms. The standard InChI is InChI=1S/C12H13F3INO/c1-8(17-12(13,14)15)18-11(2,3)9-6-4-5-7-10(9)16/h4-7H,1-3H3/b17-8+. The molecular weight excluding hydrogens is 358 g/mol. The molecule has 6 heteroatoms. The quantitative estimate of drug-likeness (QED) is 0.325. The van der Waals surface area contributed by atoms with Crippen molar-refractivity contribution in [1.29, 1.82) is 0 Å². The van der Waals surface area contributed by atoms with Crippen LogP contribution in [0.3, 0.4) is 0 Å². The monoisotopic (exact) mass is 371 g/mol. The summed E-state index contributed by atoms with van der Waals surface area (Å²) in [6.45, 7) is 4.62. The molecule has 1 rings (SSSR count). The molecule has 0 fully saturated rings. The molecule has 0 radical (unpaired) electrons. The third kappa shape index (κ3) is 4.47. The van der Waals surface area contributed by atoms with Gasteiger partial charge in [0.05, 0.1) is 0 Å². The van der Waals surface area contributed by atoms with E-state index >= 15 is 0 Å². The van der Waals surface area contributed by atoms with Crippen LogP contribution < -0.4 is 0 Å². The van der Waals surface area contributed by atoms with Crippen molar-refractivity contribution in [2.24, 2.45) is 4.99 Å². The summed E-state index contributed by atoms with van der Waals surface area (Å²) in [5.74, 6) is -0.396. The largest absolute Gasteiger partial charge is 0.506 e. The highest BCUT2D eigenvalue weighted by atomic mass is 127. The summed E-state index contributed by atoms with van der Waals surface area (Å²) in [4.78, 5) is 2.54. The summed E-state index contributed by atoms with van der Waals surface area (Å²) >= 11 is 2.12. The minimum Gasteiger partial charge on any atom is -0.470 e. The Morgan fingerprint density at radius 1 is 1.22 bits per heavy atom. The minimum atomic E-state index is -4.61. The molecule has 1 aromatic rings. The minimum absolute atomic E-state index is 0.396. The van der Waals surface area contributed by atoms with Crippen molar-refractivity contribution in [1.82, 2.24) is 0 Å². The van der Waals surface area contributed by atoms with Gasteiger partial charge >= 0.3 is 6.30 Å². The normalized spacial score (nSPS) is 13.6. The number of alkyl halides is 3. The van der Waals surface area contributed by atoms with Crippen LogP contribution in [0.1, 0.15) is 26.3 Å². The summed E-state index contributed by atoms with van der Waals surface area (Å²) in [5.41, 5.74) is -0.0429. The van der Waals surface area contributed by atoms with Gasteiger partial charge in [0, 0.05) is 16.1 Å². The lowest BCUT2D eigenvalue weighted by Crippen LogP contribution is -2.26. The number of nitrogens with zero attached hydrogens (tertiary/aromatic N) is 1. The molecule has 0 aromatic heterocycles. The molecular formula is C12H13F3INO. The SMILES string of the molecule is C/C(=N\C(F)(F)F)OC(C)(C)c1ccccc1I. The van der Waals surface area contributed by atoms with Gasteiger partial charge in [-0.25, -0.2) is 0 Å². The van der Waals surface area contributed by atoms with Crippen LogP contribution in [-0.2, 0) is 10.3 Å². The van der Waals surface area contributed by atoms with Gasteiger partial charge in [0.1, 0.15) is 5.60 Å². The molecule has 0 atom stereocenters. The summed E-state index contributed by atoms with van der Waals surface area (Å²) in [7, 11) is 0. The number of halogens is 4. The van der Waals surface area contributed by atoms with E-state index in [1.165, 1.54) is 6.92 Å². The van der Waals surface area contributed by atoms with E-state index in [1.54, 1.807) is 13.8 Å². The van der Waals surface area contributed by atoms with Crippen LogP contribution in [0, 0.1) is 3.57 Å². The van der Waals surface area contributed by atoms with Crippen molar-refractivity contribution in [3.8, 4) is 0 Å². The first kappa shape index (κ1) is 15.3. The highest BCUT2D eigenvalue weighted by Crippen LogP contribution is 2.29. The lowest BCUT2D eigenvalue weighted by molar-refractivity contribution is -0.122. The Morgan fingerprint density at radius 2 is 1.78 bits per heavy atom. The van der Waals surface area contributed by atoms with Crippen molar-refractivity contribution >= 4 is 28.5 Å². The molecule has 1 aromatic carbocycles. The molecule has 0 aliphatic carbocycles. The van der Waals surface area contributed by atoms with Gasteiger partial charge in [-0.1, -0.05) is 18.2 Å². The predicted molar refractivity (Wildman–Crippen MR) is 72.4 cm³/mol. The topological polar surface area (TPSA) is 21.6 Å². The average molecular weight is 371 g/mol. The zero-order valence-corrected chi connectivity index (χ0v) is 12.3. The number of aliphatic imine (C=N–C) groups is 1. The van der Waals surface area contributed by atoms with Gasteiger partial charge in [-0.3, -0.25) is 0 Å². The first-order valence-electron chi connectivity index (χ1n) is 5.19. The van der Waals surface area contributed by atoms with Crippen LogP contribution in [0.4, 0.5) is 13.2 Å². The van der Waals surface area contributed by atoms with E-state index in [1.807, 2.05) is 24.3 Å². The summed E-state index contributed by atoms with van der Waals surface area (Å²) < 4.78 is 42.5. The molecule has 0 heterocycles. The molecule has 100 valence electrons. The van der Waals surface area contributed by atoms with Gasteiger partial charge in [0.25, 0.3) is 0 Å². The zero-order valence-electron chi connectivity index (χ0n) is 10.2. The second-order valence-corrected chi connectivity index (χ2v) is 5.35. The van der Waals surface area contributed by atoms with Crippen molar-refractivity contribution in [3.05, 3.63) is 33.4 Å². The molecule has 0 unspecified atom stereocenters. The lowest BCUT2D eigenvalue weighted by Gasteiger charge is -2.27. The third-order valence-electron chi connectivity index (χ3n) is 2.21. The average Bonchev–Trinajstić information content (AvgIpc) is 2.13. The predicted octanol–water partition coefficient (Wildman–Crippen LogP) is 4.48. The second kappa shape index (κ2) is 5.46. The van der Waals surface area contributed by atoms with Gasteiger partial charge < -0.3 is 4.74 Å². The highest BCUT2D eigenvalue weighted by molar-refractivity contribution is 14.1. The van der Waals surface area contributed by atoms with Crippen molar-refractivity contribution in [2.75, 3.05) is 0 Å². The van der Waals surface area contributed by atoms with E-state index in [0.717, 1.165) is 9.13 Å². The molecule has 0 saturated carbocycles. The van der Waals surface area contributed by atoms with Crippen LogP contribution in [0.5, 0.6) is 0 Å².